The van der Waals surface area contributed by atoms with Crippen LogP contribution < -0.4 is 26.4 Å². The minimum absolute atomic E-state index is 0.0257. The van der Waals surface area contributed by atoms with Gasteiger partial charge in [-0.05, 0) is 66.9 Å². The minimum atomic E-state index is -0.904. The van der Waals surface area contributed by atoms with Gasteiger partial charge in [0, 0.05) is 43.5 Å². The largest absolute Gasteiger partial charge is 0.494 e. The van der Waals surface area contributed by atoms with Crippen molar-refractivity contribution in [3.05, 3.63) is 131 Å². The van der Waals surface area contributed by atoms with E-state index in [1.807, 2.05) is 62.4 Å². The lowest BCUT2D eigenvalue weighted by molar-refractivity contribution is -0.129. The average Bonchev–Trinajstić information content (AvgIpc) is 3.05. The molecule has 0 spiro atoms. The summed E-state index contributed by atoms with van der Waals surface area (Å²) in [5.74, 6) is -1.14. The van der Waals surface area contributed by atoms with Crippen molar-refractivity contribution in [2.75, 3.05) is 13.2 Å². The quantitative estimate of drug-likeness (QED) is 0.176. The molecule has 0 saturated carbocycles. The van der Waals surface area contributed by atoms with E-state index in [-0.39, 0.29) is 31.3 Å². The van der Waals surface area contributed by atoms with Gasteiger partial charge in [0.15, 0.2) is 0 Å². The zero-order valence-electron chi connectivity index (χ0n) is 25.1. The van der Waals surface area contributed by atoms with Crippen LogP contribution in [-0.2, 0) is 29.1 Å². The fraction of sp³-hybridized carbons (Fsp3) is 0.257. The molecule has 1 aromatic heterocycles. The number of aromatic nitrogens is 1. The molecule has 4 rings (SSSR count). The molecule has 4 aromatic rings. The lowest BCUT2D eigenvalue weighted by atomic mass is 9.96. The average molecular weight is 594 g/mol. The fourth-order valence-electron chi connectivity index (χ4n) is 4.64. The third-order valence-electron chi connectivity index (χ3n) is 7.19. The van der Waals surface area contributed by atoms with Gasteiger partial charge in [0.1, 0.15) is 11.8 Å². The van der Waals surface area contributed by atoms with Crippen LogP contribution in [0.5, 0.6) is 5.75 Å². The number of rotatable bonds is 14. The van der Waals surface area contributed by atoms with Crippen LogP contribution in [0.25, 0.3) is 0 Å². The zero-order valence-corrected chi connectivity index (χ0v) is 25.1. The number of aryl methyl sites for hydroxylation is 1. The van der Waals surface area contributed by atoms with Crippen LogP contribution in [0.15, 0.2) is 97.2 Å². The van der Waals surface area contributed by atoms with Gasteiger partial charge in [-0.25, -0.2) is 0 Å². The normalized spacial score (nSPS) is 12.1. The van der Waals surface area contributed by atoms with Gasteiger partial charge in [-0.2, -0.15) is 0 Å². The van der Waals surface area contributed by atoms with Crippen LogP contribution in [0.3, 0.4) is 0 Å². The lowest BCUT2D eigenvalue weighted by Gasteiger charge is -2.23. The maximum Gasteiger partial charge on any atom is 0.251 e. The van der Waals surface area contributed by atoms with E-state index in [1.165, 1.54) is 0 Å². The van der Waals surface area contributed by atoms with Gasteiger partial charge in [-0.3, -0.25) is 19.4 Å². The molecular weight excluding hydrogens is 554 g/mol. The molecule has 44 heavy (non-hydrogen) atoms. The number of nitrogens with one attached hydrogen (secondary N) is 3. The van der Waals surface area contributed by atoms with E-state index in [0.717, 1.165) is 16.7 Å². The second-order valence-electron chi connectivity index (χ2n) is 10.5. The molecule has 0 saturated heterocycles. The van der Waals surface area contributed by atoms with Gasteiger partial charge < -0.3 is 26.4 Å². The van der Waals surface area contributed by atoms with E-state index < -0.39 is 17.9 Å². The first-order chi connectivity index (χ1) is 21.4. The Balaban J connectivity index is 1.53. The van der Waals surface area contributed by atoms with E-state index in [2.05, 4.69) is 20.9 Å². The van der Waals surface area contributed by atoms with E-state index in [4.69, 9.17) is 10.5 Å². The van der Waals surface area contributed by atoms with Crippen molar-refractivity contribution in [3.8, 4) is 5.75 Å². The van der Waals surface area contributed by atoms with Crippen molar-refractivity contribution in [2.45, 2.75) is 45.3 Å². The summed E-state index contributed by atoms with van der Waals surface area (Å²) in [6.45, 7) is 5.10. The van der Waals surface area contributed by atoms with Crippen LogP contribution in [0.1, 0.15) is 51.1 Å². The van der Waals surface area contributed by atoms with Crippen LogP contribution in [0.2, 0.25) is 0 Å². The van der Waals surface area contributed by atoms with Gasteiger partial charge in [-0.1, -0.05) is 60.2 Å². The summed E-state index contributed by atoms with van der Waals surface area (Å²) in [6, 6.07) is 26.6. The van der Waals surface area contributed by atoms with Gasteiger partial charge in [0.25, 0.3) is 5.91 Å². The predicted molar refractivity (Wildman–Crippen MR) is 170 cm³/mol. The smallest absolute Gasteiger partial charge is 0.251 e. The Morgan fingerprint density at radius 1 is 0.841 bits per heavy atom. The first-order valence-electron chi connectivity index (χ1n) is 14.7. The fourth-order valence-corrected chi connectivity index (χ4v) is 4.64. The van der Waals surface area contributed by atoms with Gasteiger partial charge in [-0.15, -0.1) is 0 Å². The van der Waals surface area contributed by atoms with Gasteiger partial charge in [0.2, 0.25) is 11.8 Å². The number of benzene rings is 3. The van der Waals surface area contributed by atoms with E-state index in [9.17, 15) is 14.4 Å². The topological polar surface area (TPSA) is 135 Å². The number of carbonyl (C=O) groups excluding carboxylic acids is 3. The summed E-state index contributed by atoms with van der Waals surface area (Å²) < 4.78 is 5.57. The van der Waals surface area contributed by atoms with Crippen molar-refractivity contribution in [1.29, 1.82) is 0 Å². The third-order valence-corrected chi connectivity index (χ3v) is 7.19. The number of hydrogen-bond acceptors (Lipinski definition) is 6. The molecule has 0 aliphatic rings. The zero-order chi connectivity index (χ0) is 31.3. The Labute approximate surface area is 258 Å². The Hall–Kier alpha value is -5.02. The molecule has 0 fully saturated rings. The highest BCUT2D eigenvalue weighted by atomic mass is 16.5. The summed E-state index contributed by atoms with van der Waals surface area (Å²) in [7, 11) is 0. The molecule has 0 aliphatic carbocycles. The van der Waals surface area contributed by atoms with Crippen molar-refractivity contribution < 1.29 is 19.1 Å². The maximum atomic E-state index is 13.9. The first-order valence-corrected chi connectivity index (χ1v) is 14.7. The molecule has 1 heterocycles. The number of pyridine rings is 1. The highest BCUT2D eigenvalue weighted by molar-refractivity contribution is 5.95. The van der Waals surface area contributed by atoms with Crippen molar-refractivity contribution >= 4 is 17.7 Å². The molecule has 3 amide bonds. The second-order valence-corrected chi connectivity index (χ2v) is 10.5. The first kappa shape index (κ1) is 31.9. The third kappa shape index (κ3) is 9.24. The Morgan fingerprint density at radius 3 is 2.18 bits per heavy atom. The Bertz CT molecular complexity index is 1510. The number of carbonyl (C=O) groups is 3. The highest BCUT2D eigenvalue weighted by Crippen LogP contribution is 2.21. The van der Waals surface area contributed by atoms with E-state index in [0.29, 0.717) is 35.7 Å². The number of amides is 3. The molecule has 0 radical (unpaired) electrons. The monoisotopic (exact) mass is 593 g/mol. The SMILES string of the molecule is CCOc1ccc([C@@H](CNC(=O)c2ccc(C)cc2)C(=O)N[C@@H](Cc2ccccn2)C(=O)NCc2ccc(CN)cc2)cc1. The van der Waals surface area contributed by atoms with Crippen LogP contribution in [-0.4, -0.2) is 41.9 Å². The molecule has 5 N–H and O–H groups in total. The molecule has 0 aliphatic heterocycles. The summed E-state index contributed by atoms with van der Waals surface area (Å²) >= 11 is 0. The number of nitrogens with zero attached hydrogens (tertiary/aromatic N) is 1. The van der Waals surface area contributed by atoms with Crippen molar-refractivity contribution in [3.63, 3.8) is 0 Å². The minimum Gasteiger partial charge on any atom is -0.494 e. The molecule has 0 bridgehead atoms. The van der Waals surface area contributed by atoms with E-state index in [1.54, 1.807) is 48.7 Å². The Morgan fingerprint density at radius 2 is 1.55 bits per heavy atom. The predicted octanol–water partition coefficient (Wildman–Crippen LogP) is 3.80. The van der Waals surface area contributed by atoms with Gasteiger partial charge >= 0.3 is 0 Å². The summed E-state index contributed by atoms with van der Waals surface area (Å²) in [5, 5.41) is 8.77. The molecule has 2 atom stereocenters. The molecular formula is C35H39N5O4. The standard InChI is InChI=1S/C35H39N5O4/c1-3-44-30-17-15-27(16-18-30)31(23-39-33(41)28-13-7-24(2)8-14-28)34(42)40-32(20-29-6-4-5-19-37-29)35(43)38-22-26-11-9-25(21-36)10-12-26/h4-19,31-32H,3,20-23,36H2,1-2H3,(H,38,43)(H,39,41)(H,40,42)/t31-,32+/m1/s1. The van der Waals surface area contributed by atoms with E-state index >= 15 is 0 Å². The van der Waals surface area contributed by atoms with Crippen molar-refractivity contribution in [2.24, 2.45) is 5.73 Å². The highest BCUT2D eigenvalue weighted by Gasteiger charge is 2.28. The summed E-state index contributed by atoms with van der Waals surface area (Å²) in [4.78, 5) is 44.7. The summed E-state index contributed by atoms with van der Waals surface area (Å²) in [6.07, 6.45) is 1.84. The number of nitrogens with two attached hydrogens (primary N) is 1. The molecule has 228 valence electrons. The van der Waals surface area contributed by atoms with Crippen LogP contribution in [0, 0.1) is 6.92 Å². The van der Waals surface area contributed by atoms with Crippen LogP contribution in [0.4, 0.5) is 0 Å². The molecule has 0 unspecified atom stereocenters. The lowest BCUT2D eigenvalue weighted by Crippen LogP contribution is -2.50. The number of hydrogen-bond donors (Lipinski definition) is 4. The second kappa shape index (κ2) is 16.0. The van der Waals surface area contributed by atoms with Crippen LogP contribution >= 0.6 is 0 Å². The molecule has 9 nitrogen and oxygen atoms in total. The van der Waals surface area contributed by atoms with Gasteiger partial charge in [0.05, 0.1) is 12.5 Å². The Kier molecular flexibility index (Phi) is 11.6. The molecule has 9 heteroatoms. The summed E-state index contributed by atoms with van der Waals surface area (Å²) in [5.41, 5.74) is 10.5. The maximum absolute atomic E-state index is 13.9. The molecule has 3 aromatic carbocycles. The van der Waals surface area contributed by atoms with Crippen molar-refractivity contribution in [1.82, 2.24) is 20.9 Å². The number of ether oxygens (including phenoxy) is 1.